The number of ketones is 1. The lowest BCUT2D eigenvalue weighted by Crippen LogP contribution is -2.38. The Balaban J connectivity index is 2.69. The second-order valence-corrected chi connectivity index (χ2v) is 8.95. The van der Waals surface area contributed by atoms with E-state index in [4.69, 9.17) is 0 Å². The van der Waals surface area contributed by atoms with Crippen molar-refractivity contribution in [3.63, 3.8) is 0 Å². The molecule has 0 aromatic carbocycles. The van der Waals surface area contributed by atoms with Crippen molar-refractivity contribution in [2.24, 2.45) is 11.3 Å². The Hall–Kier alpha value is -0.890. The van der Waals surface area contributed by atoms with Gasteiger partial charge in [0.05, 0.1) is 11.5 Å². The van der Waals surface area contributed by atoms with E-state index < -0.39 is 0 Å². The van der Waals surface area contributed by atoms with Gasteiger partial charge in [0.15, 0.2) is 0 Å². The van der Waals surface area contributed by atoms with Crippen LogP contribution in [0.1, 0.15) is 117 Å². The number of carbonyl (C=O) groups is 1. The third kappa shape index (κ3) is 9.07. The topological polar surface area (TPSA) is 37.3 Å². The first-order valence-electron chi connectivity index (χ1n) is 12.1. The van der Waals surface area contributed by atoms with Gasteiger partial charge in [-0.3, -0.25) is 4.79 Å². The predicted molar refractivity (Wildman–Crippen MR) is 121 cm³/mol. The molecule has 0 saturated carbocycles. The van der Waals surface area contributed by atoms with Crippen molar-refractivity contribution < 1.29 is 9.90 Å². The SMILES string of the molecule is CCCCCCCCCC(=O)C1(C(CCCCC)CCC(C)O)C=CC=CC1. The second-order valence-electron chi connectivity index (χ2n) is 8.95. The van der Waals surface area contributed by atoms with E-state index in [1.54, 1.807) is 0 Å². The average molecular weight is 391 g/mol. The van der Waals surface area contributed by atoms with E-state index in [0.717, 1.165) is 32.1 Å². The Morgan fingerprint density at radius 3 is 2.14 bits per heavy atom. The van der Waals surface area contributed by atoms with Crippen molar-refractivity contribution in [1.82, 2.24) is 0 Å². The highest BCUT2D eigenvalue weighted by Gasteiger charge is 2.41. The van der Waals surface area contributed by atoms with Crippen molar-refractivity contribution >= 4 is 5.78 Å². The van der Waals surface area contributed by atoms with Crippen LogP contribution in [0.2, 0.25) is 0 Å². The fraction of sp³-hybridized carbons (Fsp3) is 0.808. The van der Waals surface area contributed by atoms with E-state index in [2.05, 4.69) is 38.2 Å². The van der Waals surface area contributed by atoms with Crippen LogP contribution in [-0.2, 0) is 4.79 Å². The van der Waals surface area contributed by atoms with Gasteiger partial charge in [0.2, 0.25) is 0 Å². The number of allylic oxidation sites excluding steroid dienone is 4. The summed E-state index contributed by atoms with van der Waals surface area (Å²) < 4.78 is 0. The average Bonchev–Trinajstić information content (AvgIpc) is 2.70. The van der Waals surface area contributed by atoms with Gasteiger partial charge in [0, 0.05) is 6.42 Å². The van der Waals surface area contributed by atoms with Gasteiger partial charge in [-0.05, 0) is 44.9 Å². The molecule has 0 saturated heterocycles. The van der Waals surface area contributed by atoms with Crippen LogP contribution < -0.4 is 0 Å². The molecule has 0 radical (unpaired) electrons. The third-order valence-electron chi connectivity index (χ3n) is 6.44. The fourth-order valence-electron chi connectivity index (χ4n) is 4.59. The normalized spacial score (nSPS) is 21.0. The van der Waals surface area contributed by atoms with Gasteiger partial charge in [0.1, 0.15) is 5.78 Å². The van der Waals surface area contributed by atoms with Crippen LogP contribution in [0.4, 0.5) is 0 Å². The van der Waals surface area contributed by atoms with Crippen LogP contribution in [0.5, 0.6) is 0 Å². The quantitative estimate of drug-likeness (QED) is 0.260. The molecule has 0 bridgehead atoms. The molecule has 0 aromatic heterocycles. The number of rotatable bonds is 17. The van der Waals surface area contributed by atoms with Crippen molar-refractivity contribution in [1.29, 1.82) is 0 Å². The van der Waals surface area contributed by atoms with Crippen molar-refractivity contribution in [3.05, 3.63) is 24.3 Å². The molecule has 1 aliphatic carbocycles. The minimum absolute atomic E-state index is 0.285. The first-order chi connectivity index (χ1) is 13.6. The van der Waals surface area contributed by atoms with Gasteiger partial charge in [-0.15, -0.1) is 0 Å². The van der Waals surface area contributed by atoms with Crippen molar-refractivity contribution in [2.75, 3.05) is 0 Å². The Bertz CT molecular complexity index is 463. The first-order valence-corrected chi connectivity index (χ1v) is 12.1. The highest BCUT2D eigenvalue weighted by atomic mass is 16.3. The van der Waals surface area contributed by atoms with E-state index in [1.165, 1.54) is 57.8 Å². The predicted octanol–water partition coefficient (Wildman–Crippen LogP) is 7.56. The van der Waals surface area contributed by atoms with Crippen LogP contribution >= 0.6 is 0 Å². The maximum absolute atomic E-state index is 13.4. The molecule has 1 aliphatic rings. The van der Waals surface area contributed by atoms with E-state index >= 15 is 0 Å². The number of Topliss-reactive ketones (excluding diaryl/α,β-unsaturated/α-hetero) is 1. The zero-order chi connectivity index (χ0) is 20.7. The molecule has 2 heteroatoms. The molecule has 0 aliphatic heterocycles. The maximum atomic E-state index is 13.4. The molecule has 0 amide bonds. The Morgan fingerprint density at radius 1 is 0.893 bits per heavy atom. The molecule has 0 heterocycles. The Kier molecular flexibility index (Phi) is 13.5. The first kappa shape index (κ1) is 25.1. The number of aliphatic hydroxyl groups is 1. The highest BCUT2D eigenvalue weighted by molar-refractivity contribution is 5.87. The summed E-state index contributed by atoms with van der Waals surface area (Å²) in [5.41, 5.74) is -0.334. The van der Waals surface area contributed by atoms with Crippen LogP contribution in [-0.4, -0.2) is 17.0 Å². The lowest BCUT2D eigenvalue weighted by Gasteiger charge is -2.39. The molecule has 28 heavy (non-hydrogen) atoms. The molecule has 162 valence electrons. The standard InChI is InChI=1S/C26H46O2/c1-4-6-8-9-10-11-14-18-25(28)26(21-15-12-16-22-26)24(17-13-7-5-2)20-19-23(3)27/h12,15-16,21,23-24,27H,4-11,13-14,17-20,22H2,1-3H3. The minimum atomic E-state index is -0.334. The molecular weight excluding hydrogens is 344 g/mol. The summed E-state index contributed by atoms with van der Waals surface area (Å²) in [4.78, 5) is 13.4. The second kappa shape index (κ2) is 15.0. The van der Waals surface area contributed by atoms with Crippen molar-refractivity contribution in [2.45, 2.75) is 123 Å². The van der Waals surface area contributed by atoms with Gasteiger partial charge < -0.3 is 5.11 Å². The summed E-state index contributed by atoms with van der Waals surface area (Å²) in [6.45, 7) is 6.35. The van der Waals surface area contributed by atoms with E-state index in [1.807, 2.05) is 6.92 Å². The molecule has 0 fully saturated rings. The summed E-state index contributed by atoms with van der Waals surface area (Å²) in [6, 6.07) is 0. The number of hydrogen-bond acceptors (Lipinski definition) is 2. The molecule has 3 unspecified atom stereocenters. The van der Waals surface area contributed by atoms with Gasteiger partial charge in [0.25, 0.3) is 0 Å². The summed E-state index contributed by atoms with van der Waals surface area (Å²) in [7, 11) is 0. The van der Waals surface area contributed by atoms with Gasteiger partial charge in [-0.2, -0.15) is 0 Å². The van der Waals surface area contributed by atoms with Gasteiger partial charge >= 0.3 is 0 Å². The monoisotopic (exact) mass is 390 g/mol. The summed E-state index contributed by atoms with van der Waals surface area (Å²) in [5.74, 6) is 0.792. The molecule has 1 N–H and O–H groups in total. The van der Waals surface area contributed by atoms with E-state index in [-0.39, 0.29) is 11.5 Å². The Morgan fingerprint density at radius 2 is 1.54 bits per heavy atom. The fourth-order valence-corrected chi connectivity index (χ4v) is 4.59. The molecular formula is C26H46O2. The molecule has 0 spiro atoms. The molecule has 1 rings (SSSR count). The smallest absolute Gasteiger partial charge is 0.143 e. The number of carbonyl (C=O) groups excluding carboxylic acids is 1. The zero-order valence-corrected chi connectivity index (χ0v) is 18.9. The largest absolute Gasteiger partial charge is 0.393 e. The highest BCUT2D eigenvalue weighted by Crippen LogP contribution is 2.44. The third-order valence-corrected chi connectivity index (χ3v) is 6.44. The Labute approximate surface area is 174 Å². The van der Waals surface area contributed by atoms with Crippen LogP contribution in [0.3, 0.4) is 0 Å². The summed E-state index contributed by atoms with van der Waals surface area (Å²) in [5, 5.41) is 9.84. The van der Waals surface area contributed by atoms with Crippen LogP contribution in [0.25, 0.3) is 0 Å². The summed E-state index contributed by atoms with van der Waals surface area (Å²) >= 11 is 0. The molecule has 0 aromatic rings. The van der Waals surface area contributed by atoms with Gasteiger partial charge in [-0.1, -0.05) is 95.9 Å². The lowest BCUT2D eigenvalue weighted by molar-refractivity contribution is -0.129. The van der Waals surface area contributed by atoms with Crippen molar-refractivity contribution in [3.8, 4) is 0 Å². The van der Waals surface area contributed by atoms with E-state index in [0.29, 0.717) is 18.1 Å². The number of hydrogen-bond donors (Lipinski definition) is 1. The zero-order valence-electron chi connectivity index (χ0n) is 18.9. The maximum Gasteiger partial charge on any atom is 0.143 e. The molecule has 3 atom stereocenters. The minimum Gasteiger partial charge on any atom is -0.393 e. The summed E-state index contributed by atoms with van der Waals surface area (Å²) in [6.07, 6.45) is 25.0. The van der Waals surface area contributed by atoms with Gasteiger partial charge in [-0.25, -0.2) is 0 Å². The number of unbranched alkanes of at least 4 members (excludes halogenated alkanes) is 8. The van der Waals surface area contributed by atoms with Crippen LogP contribution in [0, 0.1) is 11.3 Å². The van der Waals surface area contributed by atoms with E-state index in [9.17, 15) is 9.90 Å². The molecule has 2 nitrogen and oxygen atoms in total. The van der Waals surface area contributed by atoms with Crippen LogP contribution in [0.15, 0.2) is 24.3 Å². The lowest BCUT2D eigenvalue weighted by atomic mass is 9.64. The number of aliphatic hydroxyl groups excluding tert-OH is 1.